The summed E-state index contributed by atoms with van der Waals surface area (Å²) in [6.45, 7) is 6.96. The number of rotatable bonds is 5. The molecule has 110 valence electrons. The number of carbonyl (C=O) groups excluding carboxylic acids is 1. The predicted octanol–water partition coefficient (Wildman–Crippen LogP) is 3.60. The summed E-state index contributed by atoms with van der Waals surface area (Å²) in [4.78, 5) is 14.2. The molecule has 1 N–H and O–H groups in total. The fourth-order valence-electron chi connectivity index (χ4n) is 2.84. The Morgan fingerprint density at radius 1 is 1.45 bits per heavy atom. The molecule has 1 aromatic rings. The highest BCUT2D eigenvalue weighted by atomic mass is 35.5. The van der Waals surface area contributed by atoms with Crippen LogP contribution in [-0.2, 0) is 4.79 Å². The lowest BCUT2D eigenvalue weighted by atomic mass is 9.98. The SMILES string of the molecule is CCC(C)CC(C)N1C(=O)CNC1c1cccc(Cl)c1. The van der Waals surface area contributed by atoms with Crippen LogP contribution in [0.4, 0.5) is 0 Å². The van der Waals surface area contributed by atoms with E-state index in [4.69, 9.17) is 11.6 Å². The molecule has 1 saturated heterocycles. The highest BCUT2D eigenvalue weighted by molar-refractivity contribution is 6.30. The maximum Gasteiger partial charge on any atom is 0.238 e. The van der Waals surface area contributed by atoms with Crippen molar-refractivity contribution >= 4 is 17.5 Å². The first-order chi connectivity index (χ1) is 9.52. The summed E-state index contributed by atoms with van der Waals surface area (Å²) in [5.41, 5.74) is 1.05. The highest BCUT2D eigenvalue weighted by Gasteiger charge is 2.35. The summed E-state index contributed by atoms with van der Waals surface area (Å²) < 4.78 is 0. The average Bonchev–Trinajstić information content (AvgIpc) is 2.80. The molecular weight excluding hydrogens is 272 g/mol. The second-order valence-electron chi connectivity index (χ2n) is 5.74. The second-order valence-corrected chi connectivity index (χ2v) is 6.17. The van der Waals surface area contributed by atoms with E-state index in [-0.39, 0.29) is 18.1 Å². The van der Waals surface area contributed by atoms with Crippen molar-refractivity contribution in [3.63, 3.8) is 0 Å². The standard InChI is InChI=1S/C16H23ClN2O/c1-4-11(2)8-12(3)19-15(20)10-18-16(19)13-6-5-7-14(17)9-13/h5-7,9,11-12,16,18H,4,8,10H2,1-3H3. The van der Waals surface area contributed by atoms with Crippen LogP contribution in [0.1, 0.15) is 45.3 Å². The van der Waals surface area contributed by atoms with Crippen LogP contribution in [-0.4, -0.2) is 23.4 Å². The molecule has 3 atom stereocenters. The van der Waals surface area contributed by atoms with Gasteiger partial charge in [0.15, 0.2) is 0 Å². The molecule has 1 aliphatic rings. The van der Waals surface area contributed by atoms with E-state index in [9.17, 15) is 4.79 Å². The van der Waals surface area contributed by atoms with Crippen molar-refractivity contribution in [3.8, 4) is 0 Å². The number of benzene rings is 1. The van der Waals surface area contributed by atoms with Crippen LogP contribution in [0.2, 0.25) is 5.02 Å². The smallest absolute Gasteiger partial charge is 0.238 e. The molecule has 4 heteroatoms. The van der Waals surface area contributed by atoms with Gasteiger partial charge in [-0.3, -0.25) is 10.1 Å². The Balaban J connectivity index is 2.18. The molecule has 0 aliphatic carbocycles. The Labute approximate surface area is 126 Å². The van der Waals surface area contributed by atoms with E-state index in [1.165, 1.54) is 0 Å². The van der Waals surface area contributed by atoms with Crippen LogP contribution < -0.4 is 5.32 Å². The van der Waals surface area contributed by atoms with Crippen LogP contribution in [0.15, 0.2) is 24.3 Å². The van der Waals surface area contributed by atoms with Crippen LogP contribution in [0.3, 0.4) is 0 Å². The summed E-state index contributed by atoms with van der Waals surface area (Å²) in [5, 5.41) is 4.00. The van der Waals surface area contributed by atoms with E-state index in [1.54, 1.807) is 0 Å². The Morgan fingerprint density at radius 3 is 2.85 bits per heavy atom. The zero-order chi connectivity index (χ0) is 14.7. The molecule has 0 radical (unpaired) electrons. The Kier molecular flexibility index (Phi) is 5.06. The number of halogens is 1. The topological polar surface area (TPSA) is 32.3 Å². The van der Waals surface area contributed by atoms with Crippen molar-refractivity contribution in [2.24, 2.45) is 5.92 Å². The van der Waals surface area contributed by atoms with Gasteiger partial charge >= 0.3 is 0 Å². The van der Waals surface area contributed by atoms with E-state index in [2.05, 4.69) is 26.1 Å². The monoisotopic (exact) mass is 294 g/mol. The van der Waals surface area contributed by atoms with E-state index in [0.717, 1.165) is 18.4 Å². The van der Waals surface area contributed by atoms with Gasteiger partial charge in [-0.1, -0.05) is 44.0 Å². The van der Waals surface area contributed by atoms with Gasteiger partial charge in [-0.2, -0.15) is 0 Å². The van der Waals surface area contributed by atoms with Crippen LogP contribution >= 0.6 is 11.6 Å². The van der Waals surface area contributed by atoms with Gasteiger partial charge in [-0.25, -0.2) is 0 Å². The van der Waals surface area contributed by atoms with E-state index >= 15 is 0 Å². The molecule has 0 saturated carbocycles. The molecule has 0 spiro atoms. The quantitative estimate of drug-likeness (QED) is 0.900. The number of hydrogen-bond acceptors (Lipinski definition) is 2. The molecule has 1 aliphatic heterocycles. The number of hydrogen-bond donors (Lipinski definition) is 1. The maximum absolute atomic E-state index is 12.2. The van der Waals surface area contributed by atoms with Crippen molar-refractivity contribution in [1.82, 2.24) is 10.2 Å². The van der Waals surface area contributed by atoms with Crippen LogP contribution in [0.5, 0.6) is 0 Å². The third-order valence-electron chi connectivity index (χ3n) is 4.09. The number of nitrogens with zero attached hydrogens (tertiary/aromatic N) is 1. The first-order valence-electron chi connectivity index (χ1n) is 7.33. The fraction of sp³-hybridized carbons (Fsp3) is 0.562. The highest BCUT2D eigenvalue weighted by Crippen LogP contribution is 2.29. The number of nitrogens with one attached hydrogen (secondary N) is 1. The van der Waals surface area contributed by atoms with Crippen molar-refractivity contribution in [2.75, 3.05) is 6.54 Å². The van der Waals surface area contributed by atoms with Gasteiger partial charge in [0, 0.05) is 11.1 Å². The van der Waals surface area contributed by atoms with Crippen molar-refractivity contribution in [1.29, 1.82) is 0 Å². The fourth-order valence-corrected chi connectivity index (χ4v) is 3.03. The molecule has 3 unspecified atom stereocenters. The predicted molar refractivity (Wildman–Crippen MR) is 82.6 cm³/mol. The van der Waals surface area contributed by atoms with Gasteiger partial charge in [0.2, 0.25) is 5.91 Å². The first kappa shape index (κ1) is 15.3. The number of carbonyl (C=O) groups is 1. The van der Waals surface area contributed by atoms with Gasteiger partial charge in [-0.05, 0) is 37.0 Å². The molecule has 1 amide bonds. The van der Waals surface area contributed by atoms with Crippen LogP contribution in [0, 0.1) is 5.92 Å². The van der Waals surface area contributed by atoms with Crippen molar-refractivity contribution < 1.29 is 4.79 Å². The van der Waals surface area contributed by atoms with Gasteiger partial charge in [-0.15, -0.1) is 0 Å². The van der Waals surface area contributed by atoms with E-state index < -0.39 is 0 Å². The molecule has 1 aromatic carbocycles. The summed E-state index contributed by atoms with van der Waals surface area (Å²) in [5.74, 6) is 0.796. The molecule has 20 heavy (non-hydrogen) atoms. The van der Waals surface area contributed by atoms with Gasteiger partial charge in [0.25, 0.3) is 0 Å². The lowest BCUT2D eigenvalue weighted by Crippen LogP contribution is -2.38. The minimum atomic E-state index is -0.0553. The first-order valence-corrected chi connectivity index (χ1v) is 7.70. The second kappa shape index (κ2) is 6.59. The Morgan fingerprint density at radius 2 is 2.20 bits per heavy atom. The minimum absolute atomic E-state index is 0.0553. The molecule has 3 nitrogen and oxygen atoms in total. The Hall–Kier alpha value is -1.06. The van der Waals surface area contributed by atoms with Crippen molar-refractivity contribution in [2.45, 2.75) is 45.8 Å². The van der Waals surface area contributed by atoms with E-state index in [1.807, 2.05) is 29.2 Å². The molecule has 0 bridgehead atoms. The molecule has 1 fully saturated rings. The normalized spacial score (nSPS) is 22.1. The minimum Gasteiger partial charge on any atom is -0.319 e. The summed E-state index contributed by atoms with van der Waals surface area (Å²) >= 11 is 6.06. The largest absolute Gasteiger partial charge is 0.319 e. The lowest BCUT2D eigenvalue weighted by molar-refractivity contribution is -0.130. The lowest BCUT2D eigenvalue weighted by Gasteiger charge is -2.32. The zero-order valence-corrected chi connectivity index (χ0v) is 13.2. The van der Waals surface area contributed by atoms with Gasteiger partial charge in [0.05, 0.1) is 6.54 Å². The van der Waals surface area contributed by atoms with Gasteiger partial charge < -0.3 is 4.90 Å². The molecule has 1 heterocycles. The van der Waals surface area contributed by atoms with E-state index in [0.29, 0.717) is 17.5 Å². The summed E-state index contributed by atoms with van der Waals surface area (Å²) in [6, 6.07) is 7.97. The third kappa shape index (κ3) is 3.33. The maximum atomic E-state index is 12.2. The van der Waals surface area contributed by atoms with Gasteiger partial charge in [0.1, 0.15) is 6.17 Å². The molecule has 2 rings (SSSR count). The summed E-state index contributed by atoms with van der Waals surface area (Å²) in [7, 11) is 0. The zero-order valence-electron chi connectivity index (χ0n) is 12.4. The number of amides is 1. The molecule has 0 aromatic heterocycles. The third-order valence-corrected chi connectivity index (χ3v) is 4.33. The average molecular weight is 295 g/mol. The Bertz CT molecular complexity index is 477. The van der Waals surface area contributed by atoms with Crippen LogP contribution in [0.25, 0.3) is 0 Å². The molecular formula is C16H23ClN2O. The summed E-state index contributed by atoms with van der Waals surface area (Å²) in [6.07, 6.45) is 2.11. The van der Waals surface area contributed by atoms with Crippen molar-refractivity contribution in [3.05, 3.63) is 34.9 Å².